The standard InChI is InChI=1S/C30H46N2O4/c1-6-31(7-2)18-10-12-20-34-28-22-26(30(33)36-27-16-14-25(5)15-17-27)23-29(24-28)35-21-13-11-19-32(8-3)9-4/h14-17,22-24H,6-13,18-21H2,1-5H3. The molecular weight excluding hydrogens is 452 g/mol. The summed E-state index contributed by atoms with van der Waals surface area (Å²) in [5.41, 5.74) is 1.54. The van der Waals surface area contributed by atoms with Crippen molar-refractivity contribution in [3.8, 4) is 17.2 Å². The quantitative estimate of drug-likeness (QED) is 0.138. The van der Waals surface area contributed by atoms with Crippen molar-refractivity contribution in [1.29, 1.82) is 0 Å². The predicted octanol–water partition coefficient (Wildman–Crippen LogP) is 6.22. The van der Waals surface area contributed by atoms with E-state index in [4.69, 9.17) is 14.2 Å². The minimum Gasteiger partial charge on any atom is -0.493 e. The van der Waals surface area contributed by atoms with Crippen molar-refractivity contribution in [2.75, 3.05) is 52.5 Å². The van der Waals surface area contributed by atoms with E-state index in [0.717, 1.165) is 70.5 Å². The van der Waals surface area contributed by atoms with E-state index in [1.165, 1.54) is 0 Å². The summed E-state index contributed by atoms with van der Waals surface area (Å²) in [6, 6.07) is 12.8. The Kier molecular flexibility index (Phi) is 14.0. The fourth-order valence-electron chi connectivity index (χ4n) is 3.96. The van der Waals surface area contributed by atoms with Crippen LogP contribution in [0, 0.1) is 6.92 Å². The number of hydrogen-bond acceptors (Lipinski definition) is 6. The molecule has 2 aromatic carbocycles. The van der Waals surface area contributed by atoms with Crippen LogP contribution in [0.2, 0.25) is 0 Å². The highest BCUT2D eigenvalue weighted by Crippen LogP contribution is 2.25. The van der Waals surface area contributed by atoms with Crippen molar-refractivity contribution in [3.05, 3.63) is 53.6 Å². The minimum atomic E-state index is -0.419. The highest BCUT2D eigenvalue weighted by Gasteiger charge is 2.13. The molecule has 2 rings (SSSR count). The number of hydrogen-bond donors (Lipinski definition) is 0. The number of aryl methyl sites for hydroxylation is 1. The number of esters is 1. The Bertz CT molecular complexity index is 837. The van der Waals surface area contributed by atoms with Gasteiger partial charge in [0.1, 0.15) is 17.2 Å². The normalized spacial score (nSPS) is 11.2. The first-order valence-corrected chi connectivity index (χ1v) is 13.6. The van der Waals surface area contributed by atoms with Crippen LogP contribution < -0.4 is 14.2 Å². The summed E-state index contributed by atoms with van der Waals surface area (Å²) in [6.07, 6.45) is 4.06. The topological polar surface area (TPSA) is 51.2 Å². The van der Waals surface area contributed by atoms with Gasteiger partial charge in [0.15, 0.2) is 0 Å². The lowest BCUT2D eigenvalue weighted by molar-refractivity contribution is 0.0733. The maximum Gasteiger partial charge on any atom is 0.343 e. The summed E-state index contributed by atoms with van der Waals surface area (Å²) in [4.78, 5) is 17.7. The zero-order chi connectivity index (χ0) is 26.2. The van der Waals surface area contributed by atoms with Gasteiger partial charge < -0.3 is 24.0 Å². The van der Waals surface area contributed by atoms with E-state index < -0.39 is 5.97 Å². The first-order chi connectivity index (χ1) is 17.5. The fourth-order valence-corrected chi connectivity index (χ4v) is 3.96. The second kappa shape index (κ2) is 17.0. The van der Waals surface area contributed by atoms with Crippen molar-refractivity contribution in [1.82, 2.24) is 9.80 Å². The second-order valence-electron chi connectivity index (χ2n) is 9.06. The van der Waals surface area contributed by atoms with Gasteiger partial charge in [-0.05, 0) is 96.1 Å². The number of carbonyl (C=O) groups excluding carboxylic acids is 1. The predicted molar refractivity (Wildman–Crippen MR) is 148 cm³/mol. The van der Waals surface area contributed by atoms with Crippen LogP contribution in [0.4, 0.5) is 0 Å². The highest BCUT2D eigenvalue weighted by atomic mass is 16.5. The van der Waals surface area contributed by atoms with Crippen LogP contribution in [-0.2, 0) is 0 Å². The smallest absolute Gasteiger partial charge is 0.343 e. The minimum absolute atomic E-state index is 0.419. The summed E-state index contributed by atoms with van der Waals surface area (Å²) in [5, 5.41) is 0. The zero-order valence-corrected chi connectivity index (χ0v) is 23.1. The van der Waals surface area contributed by atoms with Gasteiger partial charge in [0.25, 0.3) is 0 Å². The Morgan fingerprint density at radius 2 is 1.14 bits per heavy atom. The van der Waals surface area contributed by atoms with Gasteiger partial charge >= 0.3 is 5.97 Å². The molecule has 0 fully saturated rings. The third-order valence-corrected chi connectivity index (χ3v) is 6.41. The van der Waals surface area contributed by atoms with Gasteiger partial charge in [0.05, 0.1) is 18.8 Å². The van der Waals surface area contributed by atoms with Gasteiger partial charge in [-0.3, -0.25) is 0 Å². The molecule has 36 heavy (non-hydrogen) atoms. The Morgan fingerprint density at radius 3 is 1.58 bits per heavy atom. The molecule has 6 heteroatoms. The van der Waals surface area contributed by atoms with E-state index in [-0.39, 0.29) is 0 Å². The molecule has 0 heterocycles. The van der Waals surface area contributed by atoms with Crippen LogP contribution >= 0.6 is 0 Å². The summed E-state index contributed by atoms with van der Waals surface area (Å²) >= 11 is 0. The van der Waals surface area contributed by atoms with E-state index in [9.17, 15) is 4.79 Å². The largest absolute Gasteiger partial charge is 0.493 e. The maximum absolute atomic E-state index is 12.9. The summed E-state index contributed by atoms with van der Waals surface area (Å²) in [6.45, 7) is 18.4. The molecule has 0 radical (unpaired) electrons. The first-order valence-electron chi connectivity index (χ1n) is 13.6. The Labute approximate surface area is 218 Å². The van der Waals surface area contributed by atoms with Crippen LogP contribution in [0.15, 0.2) is 42.5 Å². The number of carbonyl (C=O) groups is 1. The average Bonchev–Trinajstić information content (AvgIpc) is 2.89. The molecule has 0 saturated heterocycles. The van der Waals surface area contributed by atoms with Gasteiger partial charge in [-0.15, -0.1) is 0 Å². The van der Waals surface area contributed by atoms with Crippen molar-refractivity contribution in [2.24, 2.45) is 0 Å². The van der Waals surface area contributed by atoms with Gasteiger partial charge in [0, 0.05) is 6.07 Å². The molecule has 0 saturated carbocycles. The number of unbranched alkanes of at least 4 members (excludes halogenated alkanes) is 2. The van der Waals surface area contributed by atoms with Gasteiger partial charge in [-0.1, -0.05) is 45.4 Å². The second-order valence-corrected chi connectivity index (χ2v) is 9.06. The Morgan fingerprint density at radius 1 is 0.667 bits per heavy atom. The van der Waals surface area contributed by atoms with Crippen LogP contribution in [0.1, 0.15) is 69.3 Å². The van der Waals surface area contributed by atoms with Crippen LogP contribution in [0.5, 0.6) is 17.2 Å². The third kappa shape index (κ3) is 11.0. The molecule has 200 valence electrons. The zero-order valence-electron chi connectivity index (χ0n) is 23.1. The van der Waals surface area contributed by atoms with E-state index in [1.807, 2.05) is 25.1 Å². The van der Waals surface area contributed by atoms with Gasteiger partial charge in [-0.25, -0.2) is 4.79 Å². The van der Waals surface area contributed by atoms with Crippen molar-refractivity contribution >= 4 is 5.97 Å². The third-order valence-electron chi connectivity index (χ3n) is 6.41. The van der Waals surface area contributed by atoms with Crippen LogP contribution in [-0.4, -0.2) is 68.3 Å². The molecule has 0 unspecified atom stereocenters. The fraction of sp³-hybridized carbons (Fsp3) is 0.567. The van der Waals surface area contributed by atoms with E-state index in [2.05, 4.69) is 37.5 Å². The highest BCUT2D eigenvalue weighted by molar-refractivity contribution is 5.92. The van der Waals surface area contributed by atoms with Gasteiger partial charge in [-0.2, -0.15) is 0 Å². The molecular formula is C30H46N2O4. The molecule has 0 aliphatic carbocycles. The molecule has 0 spiro atoms. The van der Waals surface area contributed by atoms with Gasteiger partial charge in [0.2, 0.25) is 0 Å². The molecule has 0 amide bonds. The molecule has 0 bridgehead atoms. The maximum atomic E-state index is 12.9. The van der Waals surface area contributed by atoms with Crippen LogP contribution in [0.3, 0.4) is 0 Å². The lowest BCUT2D eigenvalue weighted by Crippen LogP contribution is -2.24. The Hall–Kier alpha value is -2.57. The molecule has 6 nitrogen and oxygen atoms in total. The SMILES string of the molecule is CCN(CC)CCCCOc1cc(OCCCCN(CC)CC)cc(C(=O)Oc2ccc(C)cc2)c1. The summed E-state index contributed by atoms with van der Waals surface area (Å²) in [5.74, 6) is 1.37. The number of benzene rings is 2. The van der Waals surface area contributed by atoms with Crippen molar-refractivity contribution in [3.63, 3.8) is 0 Å². The van der Waals surface area contributed by atoms with E-state index >= 15 is 0 Å². The molecule has 2 aromatic rings. The number of ether oxygens (including phenoxy) is 3. The molecule has 0 atom stereocenters. The summed E-state index contributed by atoms with van der Waals surface area (Å²) in [7, 11) is 0. The molecule has 0 aliphatic heterocycles. The van der Waals surface area contributed by atoms with E-state index in [1.54, 1.807) is 24.3 Å². The van der Waals surface area contributed by atoms with Crippen LogP contribution in [0.25, 0.3) is 0 Å². The lowest BCUT2D eigenvalue weighted by atomic mass is 10.2. The molecule has 0 aliphatic rings. The van der Waals surface area contributed by atoms with Crippen molar-refractivity contribution < 1.29 is 19.0 Å². The number of rotatable bonds is 18. The molecule has 0 N–H and O–H groups in total. The van der Waals surface area contributed by atoms with E-state index in [0.29, 0.717) is 36.0 Å². The molecule has 0 aromatic heterocycles. The average molecular weight is 499 g/mol. The Balaban J connectivity index is 1.99. The van der Waals surface area contributed by atoms with Crippen molar-refractivity contribution in [2.45, 2.75) is 60.3 Å². The lowest BCUT2D eigenvalue weighted by Gasteiger charge is -2.18. The number of nitrogens with zero attached hydrogens (tertiary/aromatic N) is 2. The monoisotopic (exact) mass is 498 g/mol. The first kappa shape index (κ1) is 29.7. The summed E-state index contributed by atoms with van der Waals surface area (Å²) < 4.78 is 17.6.